The summed E-state index contributed by atoms with van der Waals surface area (Å²) >= 11 is 3.48. The van der Waals surface area contributed by atoms with Gasteiger partial charge in [-0.15, -0.1) is 0 Å². The van der Waals surface area contributed by atoms with Gasteiger partial charge in [0.2, 0.25) is 0 Å². The molecule has 0 amide bonds. The Morgan fingerprint density at radius 3 is 3.12 bits per heavy atom. The summed E-state index contributed by atoms with van der Waals surface area (Å²) in [6.45, 7) is 4.99. The van der Waals surface area contributed by atoms with Crippen molar-refractivity contribution in [1.29, 1.82) is 5.26 Å². The molecule has 1 aromatic carbocycles. The van der Waals surface area contributed by atoms with Gasteiger partial charge in [-0.3, -0.25) is 0 Å². The Labute approximate surface area is 111 Å². The van der Waals surface area contributed by atoms with E-state index in [-0.39, 0.29) is 6.04 Å². The lowest BCUT2D eigenvalue weighted by atomic mass is 10.1. The van der Waals surface area contributed by atoms with E-state index in [0.29, 0.717) is 6.42 Å². The monoisotopic (exact) mass is 293 g/mol. The molecule has 0 bridgehead atoms. The number of rotatable bonds is 2. The van der Waals surface area contributed by atoms with Gasteiger partial charge in [0.25, 0.3) is 0 Å². The molecule has 1 N–H and O–H groups in total. The first-order valence-corrected chi connectivity index (χ1v) is 6.61. The van der Waals surface area contributed by atoms with E-state index >= 15 is 0 Å². The Morgan fingerprint density at radius 1 is 1.59 bits per heavy atom. The zero-order chi connectivity index (χ0) is 12.3. The quantitative estimate of drug-likeness (QED) is 0.910. The molecular weight excluding hydrogens is 278 g/mol. The molecule has 1 unspecified atom stereocenters. The maximum atomic E-state index is 8.75. The van der Waals surface area contributed by atoms with Gasteiger partial charge in [-0.1, -0.05) is 15.9 Å². The van der Waals surface area contributed by atoms with Crippen molar-refractivity contribution in [1.82, 2.24) is 5.32 Å². The molecule has 1 saturated heterocycles. The van der Waals surface area contributed by atoms with Crippen LogP contribution in [0.25, 0.3) is 0 Å². The van der Waals surface area contributed by atoms with Crippen molar-refractivity contribution in [3.05, 3.63) is 28.2 Å². The summed E-state index contributed by atoms with van der Waals surface area (Å²) in [7, 11) is 0. The second kappa shape index (κ2) is 5.52. The molecule has 3 nitrogen and oxygen atoms in total. The van der Waals surface area contributed by atoms with Crippen LogP contribution in [0.2, 0.25) is 0 Å². The van der Waals surface area contributed by atoms with Crippen LogP contribution in [0, 0.1) is 18.3 Å². The number of anilines is 1. The van der Waals surface area contributed by atoms with Crippen LogP contribution in [0.15, 0.2) is 22.7 Å². The van der Waals surface area contributed by atoms with E-state index in [0.717, 1.165) is 24.1 Å². The van der Waals surface area contributed by atoms with Crippen molar-refractivity contribution in [3.63, 3.8) is 0 Å². The molecule has 0 aliphatic carbocycles. The van der Waals surface area contributed by atoms with Crippen LogP contribution in [0.4, 0.5) is 5.69 Å². The molecule has 4 heteroatoms. The molecule has 0 saturated carbocycles. The van der Waals surface area contributed by atoms with Gasteiger partial charge >= 0.3 is 0 Å². The molecular formula is C13H16BrN3. The average Bonchev–Trinajstić information content (AvgIpc) is 2.29. The second-order valence-corrected chi connectivity index (χ2v) is 5.31. The first-order chi connectivity index (χ1) is 8.20. The van der Waals surface area contributed by atoms with E-state index in [1.165, 1.54) is 11.3 Å². The number of hydrogen-bond acceptors (Lipinski definition) is 3. The first kappa shape index (κ1) is 12.4. The third-order valence-corrected chi connectivity index (χ3v) is 3.59. The normalized spacial score (nSPS) is 20.1. The van der Waals surface area contributed by atoms with Crippen LogP contribution in [-0.2, 0) is 0 Å². The zero-order valence-corrected chi connectivity index (χ0v) is 11.5. The lowest BCUT2D eigenvalue weighted by molar-refractivity contribution is 0.462. The van der Waals surface area contributed by atoms with Crippen LogP contribution in [0.1, 0.15) is 12.0 Å². The molecule has 1 atom stereocenters. The molecule has 1 aromatic rings. The SMILES string of the molecule is Cc1cc(Br)ccc1N1CCNC(CC#N)C1. The lowest BCUT2D eigenvalue weighted by Crippen LogP contribution is -2.50. The highest BCUT2D eigenvalue weighted by atomic mass is 79.9. The molecule has 90 valence electrons. The van der Waals surface area contributed by atoms with Gasteiger partial charge in [0.05, 0.1) is 12.5 Å². The van der Waals surface area contributed by atoms with Gasteiger partial charge in [0.15, 0.2) is 0 Å². The Kier molecular flexibility index (Phi) is 4.03. The largest absolute Gasteiger partial charge is 0.368 e. The van der Waals surface area contributed by atoms with Crippen LogP contribution in [-0.4, -0.2) is 25.7 Å². The predicted molar refractivity (Wildman–Crippen MR) is 73.1 cm³/mol. The van der Waals surface area contributed by atoms with Gasteiger partial charge in [-0.2, -0.15) is 5.26 Å². The van der Waals surface area contributed by atoms with Crippen LogP contribution in [0.3, 0.4) is 0 Å². The van der Waals surface area contributed by atoms with Crippen molar-refractivity contribution < 1.29 is 0 Å². The number of halogens is 1. The van der Waals surface area contributed by atoms with Crippen molar-refractivity contribution in [2.45, 2.75) is 19.4 Å². The fraction of sp³-hybridized carbons (Fsp3) is 0.462. The summed E-state index contributed by atoms with van der Waals surface area (Å²) in [5.41, 5.74) is 2.55. The van der Waals surface area contributed by atoms with E-state index in [1.54, 1.807) is 0 Å². The molecule has 17 heavy (non-hydrogen) atoms. The average molecular weight is 294 g/mol. The van der Waals surface area contributed by atoms with Gasteiger partial charge in [-0.25, -0.2) is 0 Å². The molecule has 1 heterocycles. The highest BCUT2D eigenvalue weighted by Crippen LogP contribution is 2.24. The highest BCUT2D eigenvalue weighted by Gasteiger charge is 2.20. The number of piperazine rings is 1. The highest BCUT2D eigenvalue weighted by molar-refractivity contribution is 9.10. The van der Waals surface area contributed by atoms with Gasteiger partial charge in [0, 0.05) is 35.8 Å². The minimum atomic E-state index is 0.289. The van der Waals surface area contributed by atoms with Gasteiger partial charge < -0.3 is 10.2 Å². The van der Waals surface area contributed by atoms with Crippen molar-refractivity contribution in [3.8, 4) is 6.07 Å². The summed E-state index contributed by atoms with van der Waals surface area (Å²) in [5.74, 6) is 0. The standard InChI is InChI=1S/C13H16BrN3/c1-10-8-11(14)2-3-13(10)17-7-6-16-12(9-17)4-5-15/h2-3,8,12,16H,4,6-7,9H2,1H3. The Bertz CT molecular complexity index is 439. The summed E-state index contributed by atoms with van der Waals surface area (Å²) in [6.07, 6.45) is 0.575. The van der Waals surface area contributed by atoms with Gasteiger partial charge in [-0.05, 0) is 30.7 Å². The van der Waals surface area contributed by atoms with E-state index < -0.39 is 0 Å². The molecule has 0 spiro atoms. The molecule has 0 aromatic heterocycles. The third kappa shape index (κ3) is 2.99. The Morgan fingerprint density at radius 2 is 2.41 bits per heavy atom. The number of nitrogens with zero attached hydrogens (tertiary/aromatic N) is 2. The van der Waals surface area contributed by atoms with E-state index in [2.05, 4.69) is 57.3 Å². The van der Waals surface area contributed by atoms with Crippen molar-refractivity contribution >= 4 is 21.6 Å². The summed E-state index contributed by atoms with van der Waals surface area (Å²) in [4.78, 5) is 2.36. The van der Waals surface area contributed by atoms with Crippen LogP contribution < -0.4 is 10.2 Å². The fourth-order valence-electron chi connectivity index (χ4n) is 2.26. The van der Waals surface area contributed by atoms with Crippen molar-refractivity contribution in [2.24, 2.45) is 0 Å². The smallest absolute Gasteiger partial charge is 0.0638 e. The molecule has 1 fully saturated rings. The minimum Gasteiger partial charge on any atom is -0.368 e. The Hall–Kier alpha value is -1.05. The predicted octanol–water partition coefficient (Wildman–Crippen LogP) is 2.45. The van der Waals surface area contributed by atoms with Crippen LogP contribution >= 0.6 is 15.9 Å². The van der Waals surface area contributed by atoms with Crippen molar-refractivity contribution in [2.75, 3.05) is 24.5 Å². The molecule has 0 radical (unpaired) electrons. The molecule has 1 aliphatic heterocycles. The molecule has 2 rings (SSSR count). The number of nitrogens with one attached hydrogen (secondary N) is 1. The minimum absolute atomic E-state index is 0.289. The maximum absolute atomic E-state index is 8.75. The lowest BCUT2D eigenvalue weighted by Gasteiger charge is -2.35. The summed E-state index contributed by atoms with van der Waals surface area (Å²) in [6, 6.07) is 8.88. The Balaban J connectivity index is 2.14. The zero-order valence-electron chi connectivity index (χ0n) is 9.91. The number of hydrogen-bond donors (Lipinski definition) is 1. The van der Waals surface area contributed by atoms with Crippen LogP contribution in [0.5, 0.6) is 0 Å². The van der Waals surface area contributed by atoms with E-state index in [9.17, 15) is 0 Å². The topological polar surface area (TPSA) is 39.1 Å². The second-order valence-electron chi connectivity index (χ2n) is 4.39. The number of aryl methyl sites for hydroxylation is 1. The van der Waals surface area contributed by atoms with E-state index in [1.807, 2.05) is 0 Å². The molecule has 1 aliphatic rings. The summed E-state index contributed by atoms with van der Waals surface area (Å²) < 4.78 is 1.11. The number of benzene rings is 1. The third-order valence-electron chi connectivity index (χ3n) is 3.09. The van der Waals surface area contributed by atoms with E-state index in [4.69, 9.17) is 5.26 Å². The first-order valence-electron chi connectivity index (χ1n) is 5.82. The summed E-state index contributed by atoms with van der Waals surface area (Å²) in [5, 5.41) is 12.1. The fourth-order valence-corrected chi connectivity index (χ4v) is 2.74. The van der Waals surface area contributed by atoms with Gasteiger partial charge in [0.1, 0.15) is 0 Å². The number of nitriles is 1. The maximum Gasteiger partial charge on any atom is 0.0638 e.